The first-order valence-corrected chi connectivity index (χ1v) is 6.56. The summed E-state index contributed by atoms with van der Waals surface area (Å²) in [6.07, 6.45) is 4.40. The second-order valence-electron chi connectivity index (χ2n) is 4.79. The maximum Gasteiger partial charge on any atom is 0.0459 e. The van der Waals surface area contributed by atoms with E-state index in [-0.39, 0.29) is 0 Å². The molecule has 18 heavy (non-hydrogen) atoms. The highest BCUT2D eigenvalue weighted by Crippen LogP contribution is 2.27. The predicted octanol–water partition coefficient (Wildman–Crippen LogP) is 2.84. The monoisotopic (exact) mass is 238 g/mol. The highest BCUT2D eigenvalue weighted by atomic mass is 16.3. The van der Waals surface area contributed by atoms with Gasteiger partial charge in [-0.1, -0.05) is 30.0 Å². The molecule has 1 aliphatic carbocycles. The van der Waals surface area contributed by atoms with Crippen molar-refractivity contribution < 1.29 is 5.11 Å². The Morgan fingerprint density at radius 2 is 1.72 bits per heavy atom. The van der Waals surface area contributed by atoms with Crippen LogP contribution < -0.4 is 0 Å². The topological polar surface area (TPSA) is 20.2 Å². The van der Waals surface area contributed by atoms with Crippen LogP contribution in [0.3, 0.4) is 0 Å². The molecule has 92 valence electrons. The van der Waals surface area contributed by atoms with Gasteiger partial charge in [0, 0.05) is 18.1 Å². The fourth-order valence-electron chi connectivity index (χ4n) is 2.25. The maximum atomic E-state index is 9.06. The fourth-order valence-corrected chi connectivity index (χ4v) is 2.25. The van der Waals surface area contributed by atoms with Crippen LogP contribution in [0.25, 0.3) is 0 Å². The van der Waals surface area contributed by atoms with Crippen molar-refractivity contribution in [2.75, 3.05) is 6.61 Å². The van der Waals surface area contributed by atoms with E-state index in [4.69, 9.17) is 5.11 Å². The van der Waals surface area contributed by atoms with Gasteiger partial charge in [0.15, 0.2) is 0 Å². The third-order valence-corrected chi connectivity index (χ3v) is 3.42. The summed E-state index contributed by atoms with van der Waals surface area (Å²) >= 11 is 0. The standard InChI is InChI=1S/C17H18O/c18-14-17-12-10-16(11-13-17)9-5-4-8-15-6-2-1-3-7-15/h1-3,6-7,16-18H,10-14H2. The molecule has 1 saturated carbocycles. The van der Waals surface area contributed by atoms with Crippen LogP contribution in [0.4, 0.5) is 0 Å². The van der Waals surface area contributed by atoms with Crippen LogP contribution in [0.15, 0.2) is 30.3 Å². The molecule has 0 aromatic heterocycles. The van der Waals surface area contributed by atoms with Crippen LogP contribution >= 0.6 is 0 Å². The lowest BCUT2D eigenvalue weighted by Gasteiger charge is -2.23. The Morgan fingerprint density at radius 3 is 2.39 bits per heavy atom. The van der Waals surface area contributed by atoms with Crippen LogP contribution in [0.5, 0.6) is 0 Å². The maximum absolute atomic E-state index is 9.06. The number of rotatable bonds is 1. The number of aliphatic hydroxyl groups is 1. The summed E-state index contributed by atoms with van der Waals surface area (Å²) in [7, 11) is 0. The molecule has 1 aromatic carbocycles. The molecule has 1 N–H and O–H groups in total. The minimum Gasteiger partial charge on any atom is -0.396 e. The molecule has 0 heterocycles. The minimum atomic E-state index is 0.327. The Kier molecular flexibility index (Phi) is 4.88. The smallest absolute Gasteiger partial charge is 0.0459 e. The van der Waals surface area contributed by atoms with Crippen LogP contribution in [0, 0.1) is 35.5 Å². The zero-order valence-electron chi connectivity index (χ0n) is 10.5. The van der Waals surface area contributed by atoms with E-state index in [2.05, 4.69) is 23.7 Å². The lowest BCUT2D eigenvalue weighted by atomic mass is 9.83. The van der Waals surface area contributed by atoms with Gasteiger partial charge >= 0.3 is 0 Å². The molecule has 2 rings (SSSR count). The van der Waals surface area contributed by atoms with Crippen molar-refractivity contribution in [3.8, 4) is 23.7 Å². The van der Waals surface area contributed by atoms with Crippen molar-refractivity contribution in [3.63, 3.8) is 0 Å². The van der Waals surface area contributed by atoms with Gasteiger partial charge in [0.2, 0.25) is 0 Å². The van der Waals surface area contributed by atoms with Gasteiger partial charge in [-0.15, -0.1) is 0 Å². The van der Waals surface area contributed by atoms with Crippen LogP contribution in [0.2, 0.25) is 0 Å². The summed E-state index contributed by atoms with van der Waals surface area (Å²) in [5.41, 5.74) is 1.01. The van der Waals surface area contributed by atoms with E-state index in [9.17, 15) is 0 Å². The SMILES string of the molecule is OCC1CCC(C#CC#Cc2ccccc2)CC1. The Balaban J connectivity index is 1.85. The third-order valence-electron chi connectivity index (χ3n) is 3.42. The molecule has 1 nitrogen and oxygen atoms in total. The minimum absolute atomic E-state index is 0.327. The fraction of sp³-hybridized carbons (Fsp3) is 0.412. The third kappa shape index (κ3) is 3.95. The molecule has 1 aromatic rings. The van der Waals surface area contributed by atoms with Crippen molar-refractivity contribution in [2.45, 2.75) is 25.7 Å². The molecule has 1 fully saturated rings. The Labute approximate surface area is 109 Å². The molecular weight excluding hydrogens is 220 g/mol. The van der Waals surface area contributed by atoms with E-state index < -0.39 is 0 Å². The summed E-state index contributed by atoms with van der Waals surface area (Å²) in [5, 5.41) is 9.06. The Hall–Kier alpha value is -1.70. The normalized spacial score (nSPS) is 22.3. The molecule has 0 spiro atoms. The van der Waals surface area contributed by atoms with Crippen molar-refractivity contribution in [3.05, 3.63) is 35.9 Å². The first-order chi connectivity index (χ1) is 8.88. The summed E-state index contributed by atoms with van der Waals surface area (Å²) in [6, 6.07) is 9.92. The molecule has 1 aliphatic rings. The van der Waals surface area contributed by atoms with Crippen LogP contribution in [-0.2, 0) is 0 Å². The van der Waals surface area contributed by atoms with Gasteiger partial charge in [-0.25, -0.2) is 0 Å². The van der Waals surface area contributed by atoms with Gasteiger partial charge in [0.25, 0.3) is 0 Å². The highest BCUT2D eigenvalue weighted by Gasteiger charge is 2.18. The Morgan fingerprint density at radius 1 is 1.00 bits per heavy atom. The van der Waals surface area contributed by atoms with Crippen molar-refractivity contribution >= 4 is 0 Å². The molecule has 0 radical (unpaired) electrons. The van der Waals surface area contributed by atoms with E-state index >= 15 is 0 Å². The lowest BCUT2D eigenvalue weighted by Crippen LogP contribution is -2.16. The van der Waals surface area contributed by atoms with Gasteiger partial charge in [0.1, 0.15) is 0 Å². The first kappa shape index (κ1) is 12.7. The molecule has 0 atom stereocenters. The van der Waals surface area contributed by atoms with Gasteiger partial charge < -0.3 is 5.11 Å². The Bertz CT molecular complexity index is 473. The van der Waals surface area contributed by atoms with E-state index in [1.165, 1.54) is 0 Å². The van der Waals surface area contributed by atoms with Gasteiger partial charge in [-0.3, -0.25) is 0 Å². The molecular formula is C17H18O. The lowest BCUT2D eigenvalue weighted by molar-refractivity contribution is 0.179. The number of hydrogen-bond donors (Lipinski definition) is 1. The van der Waals surface area contributed by atoms with Gasteiger partial charge in [-0.2, -0.15) is 0 Å². The average molecular weight is 238 g/mol. The second kappa shape index (κ2) is 6.90. The van der Waals surface area contributed by atoms with Crippen molar-refractivity contribution in [1.82, 2.24) is 0 Å². The number of hydrogen-bond acceptors (Lipinski definition) is 1. The van der Waals surface area contributed by atoms with E-state index in [0.29, 0.717) is 18.4 Å². The van der Waals surface area contributed by atoms with Crippen LogP contribution in [0.1, 0.15) is 31.2 Å². The summed E-state index contributed by atoms with van der Waals surface area (Å²) in [6.45, 7) is 0.327. The summed E-state index contributed by atoms with van der Waals surface area (Å²) in [4.78, 5) is 0. The number of aliphatic hydroxyl groups excluding tert-OH is 1. The molecule has 1 heteroatoms. The molecule has 0 unspecified atom stereocenters. The van der Waals surface area contributed by atoms with Gasteiger partial charge in [-0.05, 0) is 55.6 Å². The molecule has 0 amide bonds. The molecule has 0 saturated heterocycles. The molecule has 0 bridgehead atoms. The summed E-state index contributed by atoms with van der Waals surface area (Å²) < 4.78 is 0. The summed E-state index contributed by atoms with van der Waals surface area (Å²) in [5.74, 6) is 13.1. The van der Waals surface area contributed by atoms with Gasteiger partial charge in [0.05, 0.1) is 0 Å². The average Bonchev–Trinajstić information content (AvgIpc) is 2.45. The number of benzene rings is 1. The van der Waals surface area contributed by atoms with E-state index in [1.807, 2.05) is 30.3 Å². The van der Waals surface area contributed by atoms with Crippen molar-refractivity contribution in [2.24, 2.45) is 11.8 Å². The van der Waals surface area contributed by atoms with Crippen molar-refractivity contribution in [1.29, 1.82) is 0 Å². The van der Waals surface area contributed by atoms with Crippen LogP contribution in [-0.4, -0.2) is 11.7 Å². The first-order valence-electron chi connectivity index (χ1n) is 6.56. The highest BCUT2D eigenvalue weighted by molar-refractivity contribution is 5.39. The zero-order valence-corrected chi connectivity index (χ0v) is 10.5. The van der Waals surface area contributed by atoms with E-state index in [1.54, 1.807) is 0 Å². The van der Waals surface area contributed by atoms with E-state index in [0.717, 1.165) is 31.2 Å². The quantitative estimate of drug-likeness (QED) is 0.746. The zero-order chi connectivity index (χ0) is 12.6. The molecule has 0 aliphatic heterocycles. The largest absolute Gasteiger partial charge is 0.396 e. The predicted molar refractivity (Wildman–Crippen MR) is 73.6 cm³/mol. The second-order valence-corrected chi connectivity index (χ2v) is 4.79.